The molecular weight excluding hydrogens is 391 g/mol. The number of aliphatic imine (C=N–C) groups is 1. The molecule has 1 saturated heterocycles. The van der Waals surface area contributed by atoms with Crippen molar-refractivity contribution in [1.29, 1.82) is 0 Å². The smallest absolute Gasteiger partial charge is 0.190 e. The summed E-state index contributed by atoms with van der Waals surface area (Å²) < 4.78 is 5.33. The van der Waals surface area contributed by atoms with Gasteiger partial charge in [0, 0.05) is 33.4 Å². The second kappa shape index (κ2) is 14.5. The Bertz CT molecular complexity index is 281. The van der Waals surface area contributed by atoms with Crippen molar-refractivity contribution in [2.45, 2.75) is 39.0 Å². The minimum atomic E-state index is 0. The van der Waals surface area contributed by atoms with Crippen LogP contribution in [0.2, 0.25) is 0 Å². The van der Waals surface area contributed by atoms with Crippen LogP contribution in [0.25, 0.3) is 0 Å². The second-order valence-electron chi connectivity index (χ2n) is 5.87. The number of rotatable bonds is 9. The van der Waals surface area contributed by atoms with Crippen molar-refractivity contribution in [3.05, 3.63) is 0 Å². The monoisotopic (exact) mass is 426 g/mol. The SMILES string of the molecule is CCOCCCCNC(=NC)NCCC1CCN(C)CC1.I. The summed E-state index contributed by atoms with van der Waals surface area (Å²) in [5, 5.41) is 6.79. The molecular formula is C16H35IN4O. The minimum Gasteiger partial charge on any atom is -0.382 e. The molecule has 1 aliphatic rings. The van der Waals surface area contributed by atoms with E-state index in [9.17, 15) is 0 Å². The van der Waals surface area contributed by atoms with Crippen molar-refractivity contribution in [1.82, 2.24) is 15.5 Å². The van der Waals surface area contributed by atoms with Crippen molar-refractivity contribution < 1.29 is 4.74 Å². The maximum absolute atomic E-state index is 5.33. The highest BCUT2D eigenvalue weighted by atomic mass is 127. The van der Waals surface area contributed by atoms with Gasteiger partial charge in [-0.25, -0.2) is 0 Å². The first kappa shape index (κ1) is 21.9. The van der Waals surface area contributed by atoms with Gasteiger partial charge in [-0.2, -0.15) is 0 Å². The summed E-state index contributed by atoms with van der Waals surface area (Å²) >= 11 is 0. The van der Waals surface area contributed by atoms with E-state index in [1.165, 1.54) is 32.4 Å². The van der Waals surface area contributed by atoms with Crippen LogP contribution in [-0.2, 0) is 4.74 Å². The summed E-state index contributed by atoms with van der Waals surface area (Å²) in [4.78, 5) is 6.69. The predicted octanol–water partition coefficient (Wildman–Crippen LogP) is 2.32. The fourth-order valence-electron chi connectivity index (χ4n) is 2.65. The second-order valence-corrected chi connectivity index (χ2v) is 5.87. The van der Waals surface area contributed by atoms with Gasteiger partial charge in [0.05, 0.1) is 0 Å². The van der Waals surface area contributed by atoms with E-state index in [0.717, 1.165) is 51.0 Å². The van der Waals surface area contributed by atoms with Gasteiger partial charge in [-0.15, -0.1) is 24.0 Å². The summed E-state index contributed by atoms with van der Waals surface area (Å²) in [5.74, 6) is 1.80. The first-order valence-corrected chi connectivity index (χ1v) is 8.47. The van der Waals surface area contributed by atoms with Gasteiger partial charge >= 0.3 is 0 Å². The van der Waals surface area contributed by atoms with Crippen LogP contribution in [-0.4, -0.2) is 64.3 Å². The molecule has 0 atom stereocenters. The van der Waals surface area contributed by atoms with Crippen molar-refractivity contribution >= 4 is 29.9 Å². The topological polar surface area (TPSA) is 48.9 Å². The number of ether oxygens (including phenoxy) is 1. The molecule has 1 rings (SSSR count). The van der Waals surface area contributed by atoms with Crippen molar-refractivity contribution in [2.24, 2.45) is 10.9 Å². The molecule has 0 aromatic rings. The molecule has 0 radical (unpaired) electrons. The molecule has 1 fully saturated rings. The van der Waals surface area contributed by atoms with Crippen molar-refractivity contribution in [3.8, 4) is 0 Å². The fourth-order valence-corrected chi connectivity index (χ4v) is 2.65. The Hall–Kier alpha value is -0.0800. The van der Waals surface area contributed by atoms with Crippen LogP contribution in [0.5, 0.6) is 0 Å². The Kier molecular flexibility index (Phi) is 14.5. The average Bonchev–Trinajstić information content (AvgIpc) is 2.50. The number of likely N-dealkylation sites (tertiary alicyclic amines) is 1. The molecule has 5 nitrogen and oxygen atoms in total. The lowest BCUT2D eigenvalue weighted by atomic mass is 9.94. The molecule has 0 unspecified atom stereocenters. The zero-order valence-electron chi connectivity index (χ0n) is 14.6. The van der Waals surface area contributed by atoms with E-state index >= 15 is 0 Å². The number of unbranched alkanes of at least 4 members (excludes halogenated alkanes) is 1. The van der Waals surface area contributed by atoms with Gasteiger partial charge in [-0.1, -0.05) is 0 Å². The number of piperidine rings is 1. The molecule has 22 heavy (non-hydrogen) atoms. The summed E-state index contributed by atoms with van der Waals surface area (Å²) in [6.07, 6.45) is 6.14. The van der Waals surface area contributed by atoms with E-state index in [4.69, 9.17) is 4.74 Å². The van der Waals surface area contributed by atoms with Crippen molar-refractivity contribution in [3.63, 3.8) is 0 Å². The van der Waals surface area contributed by atoms with Crippen LogP contribution < -0.4 is 10.6 Å². The van der Waals surface area contributed by atoms with Gasteiger partial charge < -0.3 is 20.3 Å². The highest BCUT2D eigenvalue weighted by Crippen LogP contribution is 2.18. The third kappa shape index (κ3) is 10.6. The average molecular weight is 426 g/mol. The molecule has 0 amide bonds. The third-order valence-corrected chi connectivity index (χ3v) is 4.12. The molecule has 0 aromatic heterocycles. The fraction of sp³-hybridized carbons (Fsp3) is 0.938. The van der Waals surface area contributed by atoms with Gasteiger partial charge in [0.2, 0.25) is 0 Å². The Balaban J connectivity index is 0.00000441. The zero-order chi connectivity index (χ0) is 15.3. The largest absolute Gasteiger partial charge is 0.382 e. The third-order valence-electron chi connectivity index (χ3n) is 4.12. The van der Waals surface area contributed by atoms with E-state index in [1.54, 1.807) is 0 Å². The molecule has 0 bridgehead atoms. The number of hydrogen-bond donors (Lipinski definition) is 2. The van der Waals surface area contributed by atoms with E-state index < -0.39 is 0 Å². The molecule has 0 aromatic carbocycles. The Labute approximate surface area is 153 Å². The van der Waals surface area contributed by atoms with Gasteiger partial charge in [-0.3, -0.25) is 4.99 Å². The Morgan fingerprint density at radius 2 is 1.86 bits per heavy atom. The zero-order valence-corrected chi connectivity index (χ0v) is 16.9. The number of nitrogens with one attached hydrogen (secondary N) is 2. The van der Waals surface area contributed by atoms with E-state index in [2.05, 4.69) is 27.6 Å². The van der Waals surface area contributed by atoms with Gasteiger partial charge in [0.1, 0.15) is 0 Å². The standard InChI is InChI=1S/C16H34N4O.HI/c1-4-21-14-6-5-10-18-16(17-2)19-11-7-15-8-12-20(3)13-9-15;/h15H,4-14H2,1-3H3,(H2,17,18,19);1H. The molecule has 0 spiro atoms. The van der Waals surface area contributed by atoms with Gasteiger partial charge in [-0.05, 0) is 65.1 Å². The van der Waals surface area contributed by atoms with E-state index in [-0.39, 0.29) is 24.0 Å². The molecule has 0 saturated carbocycles. The Morgan fingerprint density at radius 3 is 2.50 bits per heavy atom. The van der Waals surface area contributed by atoms with Crippen LogP contribution in [0, 0.1) is 5.92 Å². The van der Waals surface area contributed by atoms with Crippen LogP contribution in [0.4, 0.5) is 0 Å². The highest BCUT2D eigenvalue weighted by molar-refractivity contribution is 14.0. The highest BCUT2D eigenvalue weighted by Gasteiger charge is 2.15. The molecule has 1 heterocycles. The lowest BCUT2D eigenvalue weighted by Crippen LogP contribution is -2.39. The maximum atomic E-state index is 5.33. The van der Waals surface area contributed by atoms with Crippen LogP contribution in [0.1, 0.15) is 39.0 Å². The lowest BCUT2D eigenvalue weighted by molar-refractivity contribution is 0.143. The lowest BCUT2D eigenvalue weighted by Gasteiger charge is -2.29. The molecule has 1 aliphatic heterocycles. The van der Waals surface area contributed by atoms with Gasteiger partial charge in [0.25, 0.3) is 0 Å². The number of nitrogens with zero attached hydrogens (tertiary/aromatic N) is 2. The molecule has 0 aliphatic carbocycles. The summed E-state index contributed by atoms with van der Waals surface area (Å²) in [7, 11) is 4.05. The normalized spacial score (nSPS) is 17.1. The number of guanidine groups is 1. The van der Waals surface area contributed by atoms with Crippen LogP contribution in [0.3, 0.4) is 0 Å². The van der Waals surface area contributed by atoms with E-state index in [0.29, 0.717) is 0 Å². The van der Waals surface area contributed by atoms with Crippen LogP contribution >= 0.6 is 24.0 Å². The van der Waals surface area contributed by atoms with Crippen LogP contribution in [0.15, 0.2) is 4.99 Å². The van der Waals surface area contributed by atoms with E-state index in [1.807, 2.05) is 14.0 Å². The quantitative estimate of drug-likeness (QED) is 0.257. The van der Waals surface area contributed by atoms with Gasteiger partial charge in [0.15, 0.2) is 5.96 Å². The Morgan fingerprint density at radius 1 is 1.18 bits per heavy atom. The first-order valence-electron chi connectivity index (χ1n) is 8.47. The number of hydrogen-bond acceptors (Lipinski definition) is 3. The molecule has 132 valence electrons. The minimum absolute atomic E-state index is 0. The summed E-state index contributed by atoms with van der Waals surface area (Å²) in [6.45, 7) is 8.19. The molecule has 6 heteroatoms. The molecule has 2 N–H and O–H groups in total. The predicted molar refractivity (Wildman–Crippen MR) is 105 cm³/mol. The summed E-state index contributed by atoms with van der Waals surface area (Å²) in [6, 6.07) is 0. The maximum Gasteiger partial charge on any atom is 0.190 e. The first-order chi connectivity index (χ1) is 10.3. The summed E-state index contributed by atoms with van der Waals surface area (Å²) in [5.41, 5.74) is 0. The number of halogens is 1. The van der Waals surface area contributed by atoms with Crippen molar-refractivity contribution in [2.75, 3.05) is 53.5 Å².